The standard InChI is InChI=1S/C20H19F3N2O4.C20H17F3N2O3S/c1-11(2)7-15(19(26)27)12-4-6-18(28-10-20(21,22)23)14(8-12)13-3-5-16-17(9-13)25-29-24-16;21-20(22,23)10-28-18-6-4-12(15(19(26)27)7-11-1-2-11)8-14(18)13-3-5-16-17(9-13)25-29-24-16/h3-6,8-9,11,15H,7,10H2,1-2H3,(H,26,27);3-6,8-9,11,15H,1-2,7,10H2,(H,26,27). The van der Waals surface area contributed by atoms with E-state index in [-0.39, 0.29) is 17.4 Å². The fourth-order valence-corrected chi connectivity index (χ4v) is 6.88. The van der Waals surface area contributed by atoms with Crippen LogP contribution >= 0.6 is 11.7 Å². The molecule has 1 fully saturated rings. The number of hydrogen-bond donors (Lipinski definition) is 2. The zero-order chi connectivity index (χ0) is 41.8. The molecule has 58 heavy (non-hydrogen) atoms. The second kappa shape index (κ2) is 17.4. The second-order valence-corrected chi connectivity index (χ2v) is 14.9. The molecular weight excluding hydrogens is 795 g/mol. The van der Waals surface area contributed by atoms with Gasteiger partial charge in [0.1, 0.15) is 33.6 Å². The van der Waals surface area contributed by atoms with Crippen LogP contribution in [-0.4, -0.2) is 66.8 Å². The Morgan fingerprint density at radius 1 is 0.707 bits per heavy atom. The van der Waals surface area contributed by atoms with Crippen LogP contribution in [0.3, 0.4) is 0 Å². The van der Waals surface area contributed by atoms with Crippen molar-refractivity contribution in [2.75, 3.05) is 13.2 Å². The first-order valence-electron chi connectivity index (χ1n) is 18.0. The van der Waals surface area contributed by atoms with Crippen molar-refractivity contribution in [1.29, 1.82) is 0 Å². The molecular formula is C40H36F6N4O7S. The Kier molecular flexibility index (Phi) is 12.5. The van der Waals surface area contributed by atoms with Crippen LogP contribution in [0.2, 0.25) is 0 Å². The van der Waals surface area contributed by atoms with Crippen LogP contribution in [0.25, 0.3) is 44.3 Å². The number of fused-ring (bicyclic) bond motifs is 2. The summed E-state index contributed by atoms with van der Waals surface area (Å²) < 4.78 is 99.0. The topological polar surface area (TPSA) is 158 Å². The monoisotopic (exact) mass is 830 g/mol. The van der Waals surface area contributed by atoms with Gasteiger partial charge in [-0.1, -0.05) is 51.0 Å². The van der Waals surface area contributed by atoms with Gasteiger partial charge in [0.15, 0.2) is 13.2 Å². The lowest BCUT2D eigenvalue weighted by Crippen LogP contribution is -2.19. The zero-order valence-corrected chi connectivity index (χ0v) is 31.7. The molecule has 0 bridgehead atoms. The number of halogens is 6. The Labute approximate surface area is 330 Å². The van der Waals surface area contributed by atoms with Gasteiger partial charge in [0.05, 0.1) is 23.6 Å². The Morgan fingerprint density at radius 3 is 1.72 bits per heavy atom. The van der Waals surface area contributed by atoms with Crippen LogP contribution < -0.4 is 9.47 Å². The predicted octanol–water partition coefficient (Wildman–Crippen LogP) is 10.3. The highest BCUT2D eigenvalue weighted by Gasteiger charge is 2.33. The Balaban J connectivity index is 0.000000196. The van der Waals surface area contributed by atoms with Crippen molar-refractivity contribution in [3.8, 4) is 33.8 Å². The molecule has 306 valence electrons. The zero-order valence-electron chi connectivity index (χ0n) is 30.9. The lowest BCUT2D eigenvalue weighted by molar-refractivity contribution is -0.154. The maximum atomic E-state index is 12.7. The van der Waals surface area contributed by atoms with Gasteiger partial charge >= 0.3 is 24.3 Å². The van der Waals surface area contributed by atoms with E-state index >= 15 is 0 Å². The molecule has 1 saturated carbocycles. The SMILES string of the molecule is CC(C)CC(C(=O)O)c1ccc(OCC(F)(F)F)c(-c2ccc3nonc3c2)c1.O=C(O)C(CC1CC1)c1ccc(OCC(F)(F)F)c(-c2ccc3nsnc3c2)c1. The summed E-state index contributed by atoms with van der Waals surface area (Å²) in [5, 5.41) is 26.7. The van der Waals surface area contributed by atoms with Gasteiger partial charge in [-0.05, 0) is 106 Å². The number of carbonyl (C=O) groups is 2. The summed E-state index contributed by atoms with van der Waals surface area (Å²) in [6, 6.07) is 19.0. The summed E-state index contributed by atoms with van der Waals surface area (Å²) in [6.45, 7) is 0.929. The first-order valence-corrected chi connectivity index (χ1v) is 18.7. The van der Waals surface area contributed by atoms with Gasteiger partial charge in [-0.25, -0.2) is 4.63 Å². The van der Waals surface area contributed by atoms with E-state index in [1.807, 2.05) is 13.8 Å². The quantitative estimate of drug-likeness (QED) is 0.101. The Bertz CT molecular complexity index is 2240. The molecule has 11 nitrogen and oxygen atoms in total. The molecule has 2 unspecified atom stereocenters. The van der Waals surface area contributed by atoms with Crippen LogP contribution in [0.1, 0.15) is 62.5 Å². The van der Waals surface area contributed by atoms with E-state index in [0.29, 0.717) is 74.2 Å². The fraction of sp³-hybridized carbons (Fsp3) is 0.350. The summed E-state index contributed by atoms with van der Waals surface area (Å²) in [5.74, 6) is -2.88. The van der Waals surface area contributed by atoms with Crippen molar-refractivity contribution in [2.45, 2.75) is 63.7 Å². The molecule has 2 heterocycles. The van der Waals surface area contributed by atoms with Crippen molar-refractivity contribution in [3.05, 3.63) is 83.9 Å². The van der Waals surface area contributed by atoms with Crippen LogP contribution in [0.5, 0.6) is 11.5 Å². The van der Waals surface area contributed by atoms with E-state index in [1.54, 1.807) is 54.6 Å². The first kappa shape index (κ1) is 41.8. The molecule has 7 rings (SSSR count). The molecule has 0 aliphatic heterocycles. The lowest BCUT2D eigenvalue weighted by atomic mass is 9.88. The van der Waals surface area contributed by atoms with Crippen molar-refractivity contribution in [3.63, 3.8) is 0 Å². The average molecular weight is 831 g/mol. The van der Waals surface area contributed by atoms with Crippen LogP contribution in [0.15, 0.2) is 77.4 Å². The van der Waals surface area contributed by atoms with Gasteiger partial charge in [-0.2, -0.15) is 35.1 Å². The van der Waals surface area contributed by atoms with Crippen molar-refractivity contribution < 1.29 is 60.2 Å². The molecule has 2 N–H and O–H groups in total. The Morgan fingerprint density at radius 2 is 1.21 bits per heavy atom. The molecule has 6 aromatic rings. The summed E-state index contributed by atoms with van der Waals surface area (Å²) in [7, 11) is 0. The number of carboxylic acids is 2. The number of aromatic nitrogens is 4. The maximum absolute atomic E-state index is 12.7. The van der Waals surface area contributed by atoms with E-state index in [0.717, 1.165) is 24.6 Å². The van der Waals surface area contributed by atoms with E-state index in [4.69, 9.17) is 9.47 Å². The molecule has 18 heteroatoms. The number of nitrogens with zero attached hydrogens (tertiary/aromatic N) is 4. The average Bonchev–Trinajstić information content (AvgIpc) is 3.65. The van der Waals surface area contributed by atoms with E-state index < -0.39 is 49.3 Å². The lowest BCUT2D eigenvalue weighted by Gasteiger charge is -2.19. The molecule has 1 aliphatic carbocycles. The number of hydrogen-bond acceptors (Lipinski definition) is 10. The minimum atomic E-state index is -4.50. The third-order valence-electron chi connectivity index (χ3n) is 9.29. The van der Waals surface area contributed by atoms with Crippen molar-refractivity contribution >= 4 is 45.7 Å². The first-order chi connectivity index (χ1) is 27.4. The van der Waals surface area contributed by atoms with Crippen LogP contribution in [0.4, 0.5) is 26.3 Å². The Hall–Kier alpha value is -5.78. The van der Waals surface area contributed by atoms with E-state index in [1.165, 1.54) is 18.2 Å². The maximum Gasteiger partial charge on any atom is 0.422 e. The third kappa shape index (κ3) is 11.0. The highest BCUT2D eigenvalue weighted by atomic mass is 32.1. The van der Waals surface area contributed by atoms with E-state index in [9.17, 15) is 46.1 Å². The number of ether oxygens (including phenoxy) is 2. The largest absolute Gasteiger partial charge is 0.483 e. The smallest absolute Gasteiger partial charge is 0.422 e. The van der Waals surface area contributed by atoms with Crippen molar-refractivity contribution in [1.82, 2.24) is 19.1 Å². The molecule has 0 saturated heterocycles. The molecule has 0 radical (unpaired) electrons. The van der Waals surface area contributed by atoms with Gasteiger partial charge in [0, 0.05) is 11.1 Å². The van der Waals surface area contributed by atoms with E-state index in [2.05, 4.69) is 23.7 Å². The van der Waals surface area contributed by atoms with Gasteiger partial charge in [0.2, 0.25) is 0 Å². The summed E-state index contributed by atoms with van der Waals surface area (Å²) in [4.78, 5) is 23.6. The fourth-order valence-electron chi connectivity index (χ4n) is 6.37. The van der Waals surface area contributed by atoms with Crippen molar-refractivity contribution in [2.24, 2.45) is 11.8 Å². The van der Waals surface area contributed by atoms with Gasteiger partial charge in [-0.15, -0.1) is 0 Å². The normalized spacial score (nSPS) is 14.2. The van der Waals surface area contributed by atoms with Gasteiger partial charge in [-0.3, -0.25) is 9.59 Å². The molecule has 1 aliphatic rings. The molecule has 0 amide bonds. The number of aliphatic carboxylic acids is 2. The third-order valence-corrected chi connectivity index (χ3v) is 9.85. The highest BCUT2D eigenvalue weighted by Crippen LogP contribution is 2.42. The summed E-state index contributed by atoms with van der Waals surface area (Å²) in [5.41, 5.74) is 5.11. The van der Waals surface area contributed by atoms with Gasteiger partial charge in [0.25, 0.3) is 0 Å². The van der Waals surface area contributed by atoms with Crippen LogP contribution in [0, 0.1) is 11.8 Å². The number of rotatable bonds is 14. The molecule has 2 aromatic heterocycles. The predicted molar refractivity (Wildman–Crippen MR) is 201 cm³/mol. The summed E-state index contributed by atoms with van der Waals surface area (Å²) >= 11 is 1.04. The summed E-state index contributed by atoms with van der Waals surface area (Å²) in [6.07, 6.45) is -6.05. The minimum absolute atomic E-state index is 0.00411. The number of alkyl halides is 6. The second-order valence-electron chi connectivity index (χ2n) is 14.3. The van der Waals surface area contributed by atoms with Gasteiger partial charge < -0.3 is 19.7 Å². The number of carboxylic acid groups (broad SMARTS) is 2. The molecule has 2 atom stereocenters. The number of benzene rings is 4. The molecule has 4 aromatic carbocycles. The van der Waals surface area contributed by atoms with Crippen LogP contribution in [-0.2, 0) is 9.59 Å². The molecule has 0 spiro atoms. The minimum Gasteiger partial charge on any atom is -0.483 e. The highest BCUT2D eigenvalue weighted by molar-refractivity contribution is 7.00.